The Labute approximate surface area is 116 Å². The first-order chi connectivity index (χ1) is 8.47. The first-order valence-electron chi connectivity index (χ1n) is 7.90. The van der Waals surface area contributed by atoms with Gasteiger partial charge in [0.05, 0.1) is 0 Å². The molecule has 0 amide bonds. The molecule has 0 bridgehead atoms. The molecule has 0 fully saturated rings. The summed E-state index contributed by atoms with van der Waals surface area (Å²) in [4.78, 5) is 2.62. The average Bonchev–Trinajstić information content (AvgIpc) is 2.34. The Morgan fingerprint density at radius 3 is 2.28 bits per heavy atom. The van der Waals surface area contributed by atoms with Crippen LogP contribution in [0, 0.1) is 11.3 Å². The van der Waals surface area contributed by atoms with E-state index < -0.39 is 0 Å². The second kappa shape index (κ2) is 9.80. The molecule has 0 saturated heterocycles. The molecule has 0 aromatic carbocycles. The summed E-state index contributed by atoms with van der Waals surface area (Å²) in [6, 6.07) is 0. The first kappa shape index (κ1) is 17.9. The van der Waals surface area contributed by atoms with Gasteiger partial charge < -0.3 is 10.2 Å². The van der Waals surface area contributed by atoms with Crippen molar-refractivity contribution < 1.29 is 0 Å². The second-order valence-electron chi connectivity index (χ2n) is 6.41. The van der Waals surface area contributed by atoms with Gasteiger partial charge in [0.25, 0.3) is 0 Å². The Bertz CT molecular complexity index is 192. The van der Waals surface area contributed by atoms with Crippen LogP contribution in [0.4, 0.5) is 0 Å². The van der Waals surface area contributed by atoms with Crippen molar-refractivity contribution in [1.29, 1.82) is 0 Å². The molecule has 0 rings (SSSR count). The summed E-state index contributed by atoms with van der Waals surface area (Å²) in [6.45, 7) is 19.8. The molecule has 110 valence electrons. The van der Waals surface area contributed by atoms with Crippen LogP contribution in [0.2, 0.25) is 0 Å². The van der Waals surface area contributed by atoms with Crippen LogP contribution < -0.4 is 5.32 Å². The van der Waals surface area contributed by atoms with Gasteiger partial charge in [0, 0.05) is 13.1 Å². The molecule has 0 heterocycles. The van der Waals surface area contributed by atoms with Gasteiger partial charge in [0.1, 0.15) is 0 Å². The number of rotatable bonds is 11. The number of hydrogen-bond acceptors (Lipinski definition) is 2. The van der Waals surface area contributed by atoms with Gasteiger partial charge in [-0.25, -0.2) is 0 Å². The van der Waals surface area contributed by atoms with Crippen molar-refractivity contribution >= 4 is 0 Å². The minimum absolute atomic E-state index is 0.415. The number of hydrogen-bond donors (Lipinski definition) is 1. The second-order valence-corrected chi connectivity index (χ2v) is 6.41. The van der Waals surface area contributed by atoms with Gasteiger partial charge in [-0.2, -0.15) is 0 Å². The molecule has 2 heteroatoms. The van der Waals surface area contributed by atoms with Gasteiger partial charge in [-0.1, -0.05) is 48.0 Å². The summed E-state index contributed by atoms with van der Waals surface area (Å²) in [7, 11) is 0. The zero-order valence-electron chi connectivity index (χ0n) is 13.7. The maximum Gasteiger partial charge on any atom is 0.00473 e. The fourth-order valence-corrected chi connectivity index (χ4v) is 2.23. The zero-order valence-corrected chi connectivity index (χ0v) is 13.7. The molecule has 0 aliphatic heterocycles. The molecule has 1 unspecified atom stereocenters. The van der Waals surface area contributed by atoms with Crippen molar-refractivity contribution in [1.82, 2.24) is 10.2 Å². The van der Waals surface area contributed by atoms with E-state index in [0.29, 0.717) is 5.41 Å². The summed E-state index contributed by atoms with van der Waals surface area (Å²) in [5.74, 6) is 0.744. The SMILES string of the molecule is CCCCN(CC)CC(C)(CC)CNCC(C)C. The predicted octanol–water partition coefficient (Wildman–Crippen LogP) is 3.77. The average molecular weight is 256 g/mol. The summed E-state index contributed by atoms with van der Waals surface area (Å²) >= 11 is 0. The van der Waals surface area contributed by atoms with Crippen LogP contribution in [0.25, 0.3) is 0 Å². The Morgan fingerprint density at radius 2 is 1.83 bits per heavy atom. The lowest BCUT2D eigenvalue weighted by Crippen LogP contribution is -2.43. The predicted molar refractivity (Wildman–Crippen MR) is 83.1 cm³/mol. The Kier molecular flexibility index (Phi) is 9.76. The van der Waals surface area contributed by atoms with Crippen LogP contribution in [-0.2, 0) is 0 Å². The van der Waals surface area contributed by atoms with E-state index in [4.69, 9.17) is 0 Å². The van der Waals surface area contributed by atoms with E-state index in [2.05, 4.69) is 51.8 Å². The third-order valence-corrected chi connectivity index (χ3v) is 3.84. The fraction of sp³-hybridized carbons (Fsp3) is 1.00. The van der Waals surface area contributed by atoms with Crippen LogP contribution >= 0.6 is 0 Å². The summed E-state index contributed by atoms with van der Waals surface area (Å²) in [5.41, 5.74) is 0.415. The lowest BCUT2D eigenvalue weighted by Gasteiger charge is -2.35. The highest BCUT2D eigenvalue weighted by Crippen LogP contribution is 2.22. The molecule has 18 heavy (non-hydrogen) atoms. The molecule has 0 aliphatic rings. The highest BCUT2D eigenvalue weighted by Gasteiger charge is 2.24. The molecule has 0 radical (unpaired) electrons. The maximum absolute atomic E-state index is 3.64. The van der Waals surface area contributed by atoms with Gasteiger partial charge in [0.2, 0.25) is 0 Å². The van der Waals surface area contributed by atoms with Crippen molar-refractivity contribution in [2.75, 3.05) is 32.7 Å². The van der Waals surface area contributed by atoms with Crippen molar-refractivity contribution in [3.63, 3.8) is 0 Å². The van der Waals surface area contributed by atoms with Crippen LogP contribution in [0.3, 0.4) is 0 Å². The molecule has 0 aromatic heterocycles. The van der Waals surface area contributed by atoms with E-state index in [0.717, 1.165) is 19.0 Å². The zero-order chi connectivity index (χ0) is 14.0. The van der Waals surface area contributed by atoms with Gasteiger partial charge in [0.15, 0.2) is 0 Å². The normalized spacial score (nSPS) is 15.3. The molecule has 1 atom stereocenters. The maximum atomic E-state index is 3.64. The Hall–Kier alpha value is -0.0800. The summed E-state index contributed by atoms with van der Waals surface area (Å²) < 4.78 is 0. The van der Waals surface area contributed by atoms with Gasteiger partial charge in [-0.3, -0.25) is 0 Å². The quantitative estimate of drug-likeness (QED) is 0.605. The van der Waals surface area contributed by atoms with E-state index >= 15 is 0 Å². The van der Waals surface area contributed by atoms with Crippen molar-refractivity contribution in [3.05, 3.63) is 0 Å². The van der Waals surface area contributed by atoms with E-state index in [1.165, 1.54) is 38.9 Å². The lowest BCUT2D eigenvalue weighted by atomic mass is 9.86. The van der Waals surface area contributed by atoms with E-state index in [-0.39, 0.29) is 0 Å². The first-order valence-corrected chi connectivity index (χ1v) is 7.90. The molecular weight excluding hydrogens is 220 g/mol. The monoisotopic (exact) mass is 256 g/mol. The summed E-state index contributed by atoms with van der Waals surface area (Å²) in [6.07, 6.45) is 3.87. The van der Waals surface area contributed by atoms with E-state index in [1.807, 2.05) is 0 Å². The van der Waals surface area contributed by atoms with Crippen LogP contribution in [0.15, 0.2) is 0 Å². The van der Waals surface area contributed by atoms with Crippen LogP contribution in [0.5, 0.6) is 0 Å². The molecule has 0 spiro atoms. The number of nitrogens with one attached hydrogen (secondary N) is 1. The fourth-order valence-electron chi connectivity index (χ4n) is 2.23. The molecule has 1 N–H and O–H groups in total. The molecule has 0 aliphatic carbocycles. The summed E-state index contributed by atoms with van der Waals surface area (Å²) in [5, 5.41) is 3.64. The molecule has 0 saturated carbocycles. The molecule has 0 aromatic rings. The van der Waals surface area contributed by atoms with E-state index in [9.17, 15) is 0 Å². The van der Waals surface area contributed by atoms with Crippen LogP contribution in [0.1, 0.15) is 60.8 Å². The minimum atomic E-state index is 0.415. The topological polar surface area (TPSA) is 15.3 Å². The van der Waals surface area contributed by atoms with E-state index in [1.54, 1.807) is 0 Å². The standard InChI is InChI=1S/C16H36N2/c1-7-10-11-18(9-3)14-16(6,8-2)13-17-12-15(4)5/h15,17H,7-14H2,1-6H3. The number of nitrogens with zero attached hydrogens (tertiary/aromatic N) is 1. The van der Waals surface area contributed by atoms with Crippen LogP contribution in [-0.4, -0.2) is 37.6 Å². The number of unbranched alkanes of at least 4 members (excludes halogenated alkanes) is 1. The molecule has 2 nitrogen and oxygen atoms in total. The smallest absolute Gasteiger partial charge is 0.00473 e. The van der Waals surface area contributed by atoms with Gasteiger partial charge >= 0.3 is 0 Å². The van der Waals surface area contributed by atoms with Gasteiger partial charge in [-0.15, -0.1) is 0 Å². The highest BCUT2D eigenvalue weighted by atomic mass is 15.1. The van der Waals surface area contributed by atoms with Crippen molar-refractivity contribution in [2.45, 2.75) is 60.8 Å². The third-order valence-electron chi connectivity index (χ3n) is 3.84. The van der Waals surface area contributed by atoms with Crippen molar-refractivity contribution in [3.8, 4) is 0 Å². The Balaban J connectivity index is 4.16. The minimum Gasteiger partial charge on any atom is -0.316 e. The largest absolute Gasteiger partial charge is 0.316 e. The third kappa shape index (κ3) is 8.10. The Morgan fingerprint density at radius 1 is 1.17 bits per heavy atom. The highest BCUT2D eigenvalue weighted by molar-refractivity contribution is 4.79. The van der Waals surface area contributed by atoms with Gasteiger partial charge in [-0.05, 0) is 43.8 Å². The van der Waals surface area contributed by atoms with Crippen molar-refractivity contribution in [2.24, 2.45) is 11.3 Å². The lowest BCUT2D eigenvalue weighted by molar-refractivity contribution is 0.158. The molecular formula is C16H36N2.